The molecule has 0 radical (unpaired) electrons. The van der Waals surface area contributed by atoms with Crippen LogP contribution in [0.1, 0.15) is 23.2 Å². The van der Waals surface area contributed by atoms with Gasteiger partial charge < -0.3 is 10.6 Å². The summed E-state index contributed by atoms with van der Waals surface area (Å²) in [6.07, 6.45) is 0. The normalized spacial score (nSPS) is 12.8. The molecular weight excluding hydrogens is 480 g/mol. The standard InChI is InChI=1S/C26H20F4N2S2/c27-17-11-9-15(13-19(17)29)25(31-21-5-1-3-7-23(21)33)26(16-10-12-18(28)20(30)14-16)32-22-6-2-4-8-24(22)34/h1-14,25-26,31-34H. The van der Waals surface area contributed by atoms with Crippen molar-refractivity contribution in [3.05, 3.63) is 119 Å². The smallest absolute Gasteiger partial charge is 0.159 e. The SMILES string of the molecule is Fc1ccc(C(Nc2ccccc2S)C(Nc2ccccc2S)c2ccc(F)c(F)c2)cc1F. The van der Waals surface area contributed by atoms with E-state index < -0.39 is 35.4 Å². The molecule has 0 aliphatic heterocycles. The minimum absolute atomic E-state index is 0.384. The summed E-state index contributed by atoms with van der Waals surface area (Å²) in [4.78, 5) is 1.24. The quantitative estimate of drug-likeness (QED) is 0.154. The predicted octanol–water partition coefficient (Wildman–Crippen LogP) is 7.83. The van der Waals surface area contributed by atoms with E-state index in [4.69, 9.17) is 0 Å². The van der Waals surface area contributed by atoms with E-state index in [1.54, 1.807) is 36.4 Å². The number of halogens is 4. The van der Waals surface area contributed by atoms with Crippen LogP contribution in [0.15, 0.2) is 94.7 Å². The fraction of sp³-hybridized carbons (Fsp3) is 0.0769. The van der Waals surface area contributed by atoms with Crippen molar-refractivity contribution >= 4 is 36.6 Å². The van der Waals surface area contributed by atoms with Crippen LogP contribution in [0, 0.1) is 23.3 Å². The van der Waals surface area contributed by atoms with Gasteiger partial charge in [-0.15, -0.1) is 25.3 Å². The molecule has 2 atom stereocenters. The lowest BCUT2D eigenvalue weighted by molar-refractivity contribution is 0.500. The van der Waals surface area contributed by atoms with Crippen LogP contribution in [0.4, 0.5) is 28.9 Å². The summed E-state index contributed by atoms with van der Waals surface area (Å²) in [5.74, 6) is -4.03. The Morgan fingerprint density at radius 2 is 0.882 bits per heavy atom. The Balaban J connectivity index is 1.88. The Hall–Kier alpha value is -3.10. The van der Waals surface area contributed by atoms with Crippen LogP contribution in [0.25, 0.3) is 0 Å². The molecule has 0 aliphatic carbocycles. The van der Waals surface area contributed by atoms with Gasteiger partial charge in [-0.2, -0.15) is 0 Å². The number of anilines is 2. The van der Waals surface area contributed by atoms with Gasteiger partial charge in [0.2, 0.25) is 0 Å². The van der Waals surface area contributed by atoms with E-state index in [0.29, 0.717) is 32.3 Å². The zero-order valence-corrected chi connectivity index (χ0v) is 19.4. The van der Waals surface area contributed by atoms with Gasteiger partial charge in [-0.1, -0.05) is 36.4 Å². The molecule has 0 aromatic heterocycles. The number of hydrogen-bond acceptors (Lipinski definition) is 4. The maximum Gasteiger partial charge on any atom is 0.159 e. The van der Waals surface area contributed by atoms with Crippen molar-refractivity contribution in [2.24, 2.45) is 0 Å². The zero-order valence-electron chi connectivity index (χ0n) is 17.6. The summed E-state index contributed by atoms with van der Waals surface area (Å²) in [5, 5.41) is 6.63. The van der Waals surface area contributed by atoms with E-state index in [0.717, 1.165) is 24.3 Å². The Labute approximate surface area is 205 Å². The fourth-order valence-electron chi connectivity index (χ4n) is 3.66. The molecule has 0 spiro atoms. The third-order valence-electron chi connectivity index (χ3n) is 5.37. The van der Waals surface area contributed by atoms with Crippen LogP contribution in [0.5, 0.6) is 0 Å². The lowest BCUT2D eigenvalue weighted by atomic mass is 9.92. The number of benzene rings is 4. The minimum atomic E-state index is -1.03. The second kappa shape index (κ2) is 10.4. The molecule has 174 valence electrons. The number of nitrogens with one attached hydrogen (secondary N) is 2. The minimum Gasteiger partial charge on any atom is -0.375 e. The first-order valence-electron chi connectivity index (χ1n) is 10.3. The molecule has 2 nitrogen and oxygen atoms in total. The van der Waals surface area contributed by atoms with Crippen molar-refractivity contribution in [2.75, 3.05) is 10.6 Å². The lowest BCUT2D eigenvalue weighted by Crippen LogP contribution is -2.26. The summed E-state index contributed by atoms with van der Waals surface area (Å²) < 4.78 is 56.0. The Kier molecular flexibility index (Phi) is 7.38. The molecule has 34 heavy (non-hydrogen) atoms. The fourth-order valence-corrected chi connectivity index (χ4v) is 4.11. The van der Waals surface area contributed by atoms with Gasteiger partial charge in [0.1, 0.15) is 0 Å². The first kappa shape index (κ1) is 24.0. The first-order chi connectivity index (χ1) is 16.3. The van der Waals surface area contributed by atoms with Crippen LogP contribution < -0.4 is 10.6 Å². The highest BCUT2D eigenvalue weighted by atomic mass is 32.1. The maximum atomic E-state index is 14.3. The van der Waals surface area contributed by atoms with Crippen LogP contribution in [0.2, 0.25) is 0 Å². The number of rotatable bonds is 7. The van der Waals surface area contributed by atoms with Crippen LogP contribution >= 0.6 is 25.3 Å². The molecule has 0 amide bonds. The van der Waals surface area contributed by atoms with Crippen molar-refractivity contribution in [1.82, 2.24) is 0 Å². The molecule has 0 heterocycles. The average molecular weight is 501 g/mol. The summed E-state index contributed by atoms with van der Waals surface area (Å²) in [7, 11) is 0. The zero-order chi connectivity index (χ0) is 24.2. The van der Waals surface area contributed by atoms with Crippen molar-refractivity contribution in [3.63, 3.8) is 0 Å². The van der Waals surface area contributed by atoms with Gasteiger partial charge in [-0.3, -0.25) is 0 Å². The van der Waals surface area contributed by atoms with Crippen LogP contribution in [-0.4, -0.2) is 0 Å². The topological polar surface area (TPSA) is 24.1 Å². The third-order valence-corrected chi connectivity index (χ3v) is 6.15. The van der Waals surface area contributed by atoms with Crippen molar-refractivity contribution in [1.29, 1.82) is 0 Å². The highest BCUT2D eigenvalue weighted by Crippen LogP contribution is 2.38. The van der Waals surface area contributed by atoms with Crippen molar-refractivity contribution in [3.8, 4) is 0 Å². The predicted molar refractivity (Wildman–Crippen MR) is 133 cm³/mol. The molecule has 4 aromatic carbocycles. The molecule has 0 aliphatic rings. The summed E-state index contributed by atoms with van der Waals surface area (Å²) in [5.41, 5.74) is 2.01. The highest BCUT2D eigenvalue weighted by molar-refractivity contribution is 7.80. The van der Waals surface area contributed by atoms with Crippen molar-refractivity contribution in [2.45, 2.75) is 21.9 Å². The Morgan fingerprint density at radius 1 is 0.500 bits per heavy atom. The van der Waals surface area contributed by atoms with Gasteiger partial charge in [0.15, 0.2) is 23.3 Å². The molecule has 2 unspecified atom stereocenters. The molecule has 4 rings (SSSR count). The van der Waals surface area contributed by atoms with Gasteiger partial charge >= 0.3 is 0 Å². The monoisotopic (exact) mass is 500 g/mol. The van der Waals surface area contributed by atoms with Crippen LogP contribution in [-0.2, 0) is 0 Å². The molecule has 2 N–H and O–H groups in total. The Bertz CT molecular complexity index is 1210. The Morgan fingerprint density at radius 3 is 1.24 bits per heavy atom. The maximum absolute atomic E-state index is 14.3. The van der Waals surface area contributed by atoms with E-state index in [1.165, 1.54) is 12.1 Å². The largest absolute Gasteiger partial charge is 0.375 e. The van der Waals surface area contributed by atoms with Crippen LogP contribution in [0.3, 0.4) is 0 Å². The second-order valence-corrected chi connectivity index (χ2v) is 8.59. The summed E-state index contributed by atoms with van der Waals surface area (Å²) in [6.45, 7) is 0. The van der Waals surface area contributed by atoms with E-state index >= 15 is 0 Å². The van der Waals surface area contributed by atoms with Crippen molar-refractivity contribution < 1.29 is 17.6 Å². The number of para-hydroxylation sites is 2. The van der Waals surface area contributed by atoms with E-state index in [1.807, 2.05) is 12.1 Å². The second-order valence-electron chi connectivity index (χ2n) is 7.63. The first-order valence-corrected chi connectivity index (χ1v) is 11.2. The van der Waals surface area contributed by atoms with Gasteiger partial charge in [0, 0.05) is 21.2 Å². The molecule has 0 saturated heterocycles. The number of hydrogen-bond donors (Lipinski definition) is 4. The molecule has 0 bridgehead atoms. The van der Waals surface area contributed by atoms with E-state index in [2.05, 4.69) is 35.9 Å². The van der Waals surface area contributed by atoms with Gasteiger partial charge in [0.25, 0.3) is 0 Å². The highest BCUT2D eigenvalue weighted by Gasteiger charge is 2.28. The third kappa shape index (κ3) is 5.34. The van der Waals surface area contributed by atoms with E-state index in [9.17, 15) is 17.6 Å². The molecule has 4 aromatic rings. The average Bonchev–Trinajstić information content (AvgIpc) is 2.82. The van der Waals surface area contributed by atoms with Gasteiger partial charge in [0.05, 0.1) is 12.1 Å². The van der Waals surface area contributed by atoms with Gasteiger partial charge in [-0.25, -0.2) is 17.6 Å². The molecule has 8 heteroatoms. The molecule has 0 fully saturated rings. The lowest BCUT2D eigenvalue weighted by Gasteiger charge is -2.32. The van der Waals surface area contributed by atoms with E-state index in [-0.39, 0.29) is 0 Å². The van der Waals surface area contributed by atoms with Gasteiger partial charge in [-0.05, 0) is 59.7 Å². The summed E-state index contributed by atoms with van der Waals surface area (Å²) in [6, 6.07) is 19.9. The molecule has 0 saturated carbocycles. The molecular formula is C26H20F4N2S2. The summed E-state index contributed by atoms with van der Waals surface area (Å²) >= 11 is 8.97. The number of thiol groups is 2.